The van der Waals surface area contributed by atoms with Crippen LogP contribution in [0, 0.1) is 0 Å². The maximum Gasteiger partial charge on any atom is 0.264 e. The fraction of sp³-hybridized carbons (Fsp3) is 0.435. The fourth-order valence-electron chi connectivity index (χ4n) is 3.81. The summed E-state index contributed by atoms with van der Waals surface area (Å²) in [4.78, 5) is 15.3. The average molecular weight is 480 g/mol. The van der Waals surface area contributed by atoms with Crippen LogP contribution in [0.2, 0.25) is 5.02 Å². The summed E-state index contributed by atoms with van der Waals surface area (Å²) in [6.45, 7) is 5.10. The minimum Gasteiger partial charge on any atom is -0.497 e. The number of benzene rings is 2. The van der Waals surface area contributed by atoms with Gasteiger partial charge in [0, 0.05) is 26.2 Å². The van der Waals surface area contributed by atoms with Gasteiger partial charge in [0.15, 0.2) is 0 Å². The van der Waals surface area contributed by atoms with Crippen LogP contribution >= 0.6 is 11.6 Å². The number of ether oxygens (including phenoxy) is 1. The number of nitrogens with one attached hydrogen (secondary N) is 1. The van der Waals surface area contributed by atoms with Crippen LogP contribution < -0.4 is 14.4 Å². The molecule has 2 aromatic rings. The summed E-state index contributed by atoms with van der Waals surface area (Å²) in [6, 6.07) is 11.0. The van der Waals surface area contributed by atoms with Crippen molar-refractivity contribution in [2.45, 2.75) is 37.1 Å². The third-order valence-corrected chi connectivity index (χ3v) is 7.85. The van der Waals surface area contributed by atoms with Crippen LogP contribution in [0.5, 0.6) is 5.75 Å². The molecule has 1 amide bonds. The number of halogens is 1. The van der Waals surface area contributed by atoms with Crippen LogP contribution in [0.4, 0.5) is 5.69 Å². The van der Waals surface area contributed by atoms with Crippen molar-refractivity contribution in [1.29, 1.82) is 0 Å². The maximum absolute atomic E-state index is 13.2. The molecule has 1 fully saturated rings. The molecule has 0 atom stereocenters. The van der Waals surface area contributed by atoms with Gasteiger partial charge in [0.05, 0.1) is 28.3 Å². The van der Waals surface area contributed by atoms with Crippen LogP contribution in [0.3, 0.4) is 0 Å². The third-order valence-electron chi connectivity index (χ3n) is 5.74. The summed E-state index contributed by atoms with van der Waals surface area (Å²) in [5.41, 5.74) is 0.637. The molecule has 1 N–H and O–H groups in total. The topological polar surface area (TPSA) is 79.0 Å². The number of likely N-dealkylation sites (tertiary alicyclic amines) is 1. The quantitative estimate of drug-likeness (QED) is 0.623. The molecule has 0 radical (unpaired) electrons. The summed E-state index contributed by atoms with van der Waals surface area (Å²) in [6.07, 6.45) is 2.84. The Morgan fingerprint density at radius 3 is 2.44 bits per heavy atom. The Morgan fingerprint density at radius 1 is 1.19 bits per heavy atom. The van der Waals surface area contributed by atoms with Gasteiger partial charge in [0.1, 0.15) is 5.75 Å². The Kier molecular flexibility index (Phi) is 8.03. The number of amides is 1. The van der Waals surface area contributed by atoms with Gasteiger partial charge in [-0.3, -0.25) is 9.10 Å². The maximum atomic E-state index is 13.2. The first-order valence-corrected chi connectivity index (χ1v) is 12.5. The van der Waals surface area contributed by atoms with E-state index in [9.17, 15) is 13.2 Å². The largest absolute Gasteiger partial charge is 0.497 e. The highest BCUT2D eigenvalue weighted by Gasteiger charge is 2.26. The van der Waals surface area contributed by atoms with E-state index in [0.29, 0.717) is 11.4 Å². The van der Waals surface area contributed by atoms with Crippen LogP contribution in [0.1, 0.15) is 36.5 Å². The van der Waals surface area contributed by atoms with Crippen molar-refractivity contribution in [3.05, 3.63) is 53.1 Å². The number of rotatable bonds is 8. The molecule has 0 aliphatic carbocycles. The summed E-state index contributed by atoms with van der Waals surface area (Å²) in [5, 5.41) is 3.24. The Hall–Kier alpha value is -2.29. The number of anilines is 1. The molecule has 0 bridgehead atoms. The van der Waals surface area contributed by atoms with Crippen molar-refractivity contribution in [2.24, 2.45) is 0 Å². The molecule has 174 valence electrons. The predicted octanol–water partition coefficient (Wildman–Crippen LogP) is 3.78. The Balaban J connectivity index is 1.76. The SMILES string of the molecule is CCCN1CCC(NC(=O)c2cc(S(=O)(=O)N(C)c3ccc(OC)cc3)ccc2Cl)CC1. The molecule has 7 nitrogen and oxygen atoms in total. The summed E-state index contributed by atoms with van der Waals surface area (Å²) >= 11 is 6.26. The summed E-state index contributed by atoms with van der Waals surface area (Å²) < 4.78 is 32.6. The number of methoxy groups -OCH3 is 1. The zero-order chi connectivity index (χ0) is 23.3. The lowest BCUT2D eigenvalue weighted by Crippen LogP contribution is -2.44. The Bertz CT molecular complexity index is 1040. The minimum atomic E-state index is -3.88. The fourth-order valence-corrected chi connectivity index (χ4v) is 5.23. The van der Waals surface area contributed by atoms with Gasteiger partial charge < -0.3 is 15.0 Å². The first-order chi connectivity index (χ1) is 15.3. The molecule has 2 aromatic carbocycles. The Morgan fingerprint density at radius 2 is 1.84 bits per heavy atom. The van der Waals surface area contributed by atoms with E-state index in [2.05, 4.69) is 17.1 Å². The number of hydrogen-bond donors (Lipinski definition) is 1. The molecule has 0 saturated carbocycles. The van der Waals surface area contributed by atoms with Gasteiger partial charge in [-0.15, -0.1) is 0 Å². The molecule has 9 heteroatoms. The second kappa shape index (κ2) is 10.6. The van der Waals surface area contributed by atoms with E-state index in [1.165, 1.54) is 29.6 Å². The van der Waals surface area contributed by atoms with Crippen LogP contribution in [-0.2, 0) is 10.0 Å². The van der Waals surface area contributed by atoms with Crippen molar-refractivity contribution in [1.82, 2.24) is 10.2 Å². The standard InChI is InChI=1S/C23H30ClN3O4S/c1-4-13-27-14-11-17(12-15-27)25-23(28)21-16-20(9-10-22(21)24)32(29,30)26(2)18-5-7-19(31-3)8-6-18/h5-10,16-17H,4,11-15H2,1-3H3,(H,25,28). The van der Waals surface area contributed by atoms with Gasteiger partial charge in [-0.05, 0) is 68.3 Å². The predicted molar refractivity (Wildman–Crippen MR) is 127 cm³/mol. The second-order valence-electron chi connectivity index (χ2n) is 7.90. The second-order valence-corrected chi connectivity index (χ2v) is 10.3. The lowest BCUT2D eigenvalue weighted by atomic mass is 10.0. The first-order valence-electron chi connectivity index (χ1n) is 10.7. The number of carbonyl (C=O) groups is 1. The van der Waals surface area contributed by atoms with E-state index < -0.39 is 10.0 Å². The van der Waals surface area contributed by atoms with E-state index in [0.717, 1.165) is 38.9 Å². The lowest BCUT2D eigenvalue weighted by Gasteiger charge is -2.32. The first kappa shape index (κ1) is 24.4. The van der Waals surface area contributed by atoms with E-state index in [1.807, 2.05) is 0 Å². The highest BCUT2D eigenvalue weighted by Crippen LogP contribution is 2.27. The number of piperidine rings is 1. The van der Waals surface area contributed by atoms with Crippen molar-refractivity contribution in [3.63, 3.8) is 0 Å². The lowest BCUT2D eigenvalue weighted by molar-refractivity contribution is 0.0911. The van der Waals surface area contributed by atoms with Gasteiger partial charge in [0.2, 0.25) is 0 Å². The molecular formula is C23H30ClN3O4S. The molecule has 0 spiro atoms. The molecule has 3 rings (SSSR count). The molecule has 1 heterocycles. The number of nitrogens with zero attached hydrogens (tertiary/aromatic N) is 2. The monoisotopic (exact) mass is 479 g/mol. The van der Waals surface area contributed by atoms with E-state index >= 15 is 0 Å². The normalized spacial score (nSPS) is 15.4. The third kappa shape index (κ3) is 5.54. The zero-order valence-electron chi connectivity index (χ0n) is 18.7. The number of hydrogen-bond acceptors (Lipinski definition) is 5. The van der Waals surface area contributed by atoms with Crippen LogP contribution in [0.25, 0.3) is 0 Å². The van der Waals surface area contributed by atoms with Gasteiger partial charge in [-0.25, -0.2) is 8.42 Å². The highest BCUT2D eigenvalue weighted by molar-refractivity contribution is 7.92. The van der Waals surface area contributed by atoms with Gasteiger partial charge in [-0.1, -0.05) is 18.5 Å². The molecule has 0 unspecified atom stereocenters. The van der Waals surface area contributed by atoms with Gasteiger partial charge in [-0.2, -0.15) is 0 Å². The molecule has 32 heavy (non-hydrogen) atoms. The van der Waals surface area contributed by atoms with E-state index in [1.54, 1.807) is 31.4 Å². The van der Waals surface area contributed by atoms with Gasteiger partial charge in [0.25, 0.3) is 15.9 Å². The summed E-state index contributed by atoms with van der Waals surface area (Å²) in [7, 11) is -0.870. The van der Waals surface area contributed by atoms with E-state index in [-0.39, 0.29) is 27.4 Å². The van der Waals surface area contributed by atoms with Crippen LogP contribution in [0.15, 0.2) is 47.4 Å². The van der Waals surface area contributed by atoms with Crippen molar-refractivity contribution in [2.75, 3.05) is 38.1 Å². The molecule has 1 saturated heterocycles. The van der Waals surface area contributed by atoms with E-state index in [4.69, 9.17) is 16.3 Å². The molecule has 1 aliphatic rings. The van der Waals surface area contributed by atoms with Gasteiger partial charge >= 0.3 is 0 Å². The van der Waals surface area contributed by atoms with Crippen molar-refractivity contribution in [3.8, 4) is 5.75 Å². The van der Waals surface area contributed by atoms with Crippen molar-refractivity contribution >= 4 is 33.2 Å². The minimum absolute atomic E-state index is 0.00290. The average Bonchev–Trinajstić information content (AvgIpc) is 2.80. The number of carbonyl (C=O) groups excluding carboxylic acids is 1. The van der Waals surface area contributed by atoms with Crippen molar-refractivity contribution < 1.29 is 17.9 Å². The molecule has 1 aliphatic heterocycles. The van der Waals surface area contributed by atoms with Crippen LogP contribution in [-0.4, -0.2) is 59.1 Å². The molecular weight excluding hydrogens is 450 g/mol. The highest BCUT2D eigenvalue weighted by atomic mass is 35.5. The zero-order valence-corrected chi connectivity index (χ0v) is 20.2. The Labute approximate surface area is 195 Å². The number of sulfonamides is 1. The summed E-state index contributed by atoms with van der Waals surface area (Å²) in [5.74, 6) is 0.276. The molecule has 0 aromatic heterocycles. The smallest absolute Gasteiger partial charge is 0.264 e.